The van der Waals surface area contributed by atoms with Gasteiger partial charge in [-0.15, -0.1) is 11.3 Å². The highest BCUT2D eigenvalue weighted by atomic mass is 32.1. The fraction of sp³-hybridized carbons (Fsp3) is 0.583. The summed E-state index contributed by atoms with van der Waals surface area (Å²) in [5.74, 6) is 0.324. The summed E-state index contributed by atoms with van der Waals surface area (Å²) >= 11 is 1.43. The highest BCUT2D eigenvalue weighted by molar-refractivity contribution is 7.13. The predicted octanol–water partition coefficient (Wildman–Crippen LogP) is 2.90. The lowest BCUT2D eigenvalue weighted by Gasteiger charge is -2.17. The summed E-state index contributed by atoms with van der Waals surface area (Å²) in [7, 11) is 0. The van der Waals surface area contributed by atoms with Gasteiger partial charge >= 0.3 is 0 Å². The van der Waals surface area contributed by atoms with Gasteiger partial charge in [0.05, 0.1) is 11.8 Å². The first-order chi connectivity index (χ1) is 8.09. The van der Waals surface area contributed by atoms with Crippen LogP contribution in [0.15, 0.2) is 5.38 Å². The van der Waals surface area contributed by atoms with Crippen LogP contribution in [-0.4, -0.2) is 10.9 Å². The third kappa shape index (κ3) is 2.47. The molecule has 1 fully saturated rings. The topological polar surface area (TPSA) is 65.8 Å². The largest absolute Gasteiger partial charge is 0.301 e. The van der Waals surface area contributed by atoms with Gasteiger partial charge < -0.3 is 5.32 Å². The molecule has 1 saturated carbocycles. The molecule has 90 valence electrons. The monoisotopic (exact) mass is 249 g/mol. The molecular formula is C12H15N3OS. The Morgan fingerprint density at radius 2 is 2.47 bits per heavy atom. The zero-order chi connectivity index (χ0) is 12.5. The van der Waals surface area contributed by atoms with Gasteiger partial charge in [-0.05, 0) is 26.2 Å². The van der Waals surface area contributed by atoms with Gasteiger partial charge in [-0.3, -0.25) is 4.79 Å². The molecule has 1 N–H and O–H groups in total. The number of amides is 1. The van der Waals surface area contributed by atoms with Crippen molar-refractivity contribution in [3.63, 3.8) is 0 Å². The van der Waals surface area contributed by atoms with E-state index in [-0.39, 0.29) is 5.91 Å². The minimum absolute atomic E-state index is 0.265. The predicted molar refractivity (Wildman–Crippen MR) is 66.7 cm³/mol. The number of hydrogen-bond acceptors (Lipinski definition) is 4. The molecule has 5 heteroatoms. The van der Waals surface area contributed by atoms with Crippen molar-refractivity contribution in [2.75, 3.05) is 5.32 Å². The summed E-state index contributed by atoms with van der Waals surface area (Å²) in [5, 5.41) is 14.3. The van der Waals surface area contributed by atoms with E-state index in [1.54, 1.807) is 6.92 Å². The molecule has 4 nitrogen and oxygen atoms in total. The molecule has 0 aromatic carbocycles. The molecule has 1 aromatic rings. The van der Waals surface area contributed by atoms with Gasteiger partial charge in [0.25, 0.3) is 0 Å². The minimum Gasteiger partial charge on any atom is -0.301 e. The van der Waals surface area contributed by atoms with Crippen LogP contribution < -0.4 is 5.32 Å². The summed E-state index contributed by atoms with van der Waals surface area (Å²) < 4.78 is 0. The lowest BCUT2D eigenvalue weighted by molar-refractivity contribution is -0.122. The summed E-state index contributed by atoms with van der Waals surface area (Å²) in [4.78, 5) is 16.3. The highest BCUT2D eigenvalue weighted by Crippen LogP contribution is 2.41. The number of aromatic nitrogens is 1. The van der Waals surface area contributed by atoms with E-state index in [1.165, 1.54) is 24.2 Å². The molecule has 1 aliphatic carbocycles. The third-order valence-electron chi connectivity index (χ3n) is 3.19. The highest BCUT2D eigenvalue weighted by Gasteiger charge is 2.32. The molecule has 1 aliphatic rings. The van der Waals surface area contributed by atoms with Crippen LogP contribution in [0.2, 0.25) is 0 Å². The fourth-order valence-corrected chi connectivity index (χ4v) is 2.22. The first-order valence-electron chi connectivity index (χ1n) is 5.77. The molecule has 17 heavy (non-hydrogen) atoms. The van der Waals surface area contributed by atoms with E-state index in [0.29, 0.717) is 17.5 Å². The number of carbonyl (C=O) groups excluding carboxylic acids is 1. The van der Waals surface area contributed by atoms with Crippen molar-refractivity contribution < 1.29 is 4.79 Å². The van der Waals surface area contributed by atoms with Crippen molar-refractivity contribution >= 4 is 22.4 Å². The molecular weight excluding hydrogens is 234 g/mol. The first kappa shape index (κ1) is 12.1. The van der Waals surface area contributed by atoms with Crippen LogP contribution in [0.3, 0.4) is 0 Å². The molecule has 1 atom stereocenters. The zero-order valence-electron chi connectivity index (χ0n) is 9.99. The van der Waals surface area contributed by atoms with E-state index in [2.05, 4.69) is 16.4 Å². The molecule has 1 heterocycles. The molecule has 0 saturated heterocycles. The maximum Gasteiger partial charge on any atom is 0.246 e. The molecule has 1 aromatic heterocycles. The summed E-state index contributed by atoms with van der Waals surface area (Å²) in [6.07, 6.45) is 2.89. The van der Waals surface area contributed by atoms with E-state index in [9.17, 15) is 4.79 Å². The molecule has 0 spiro atoms. The van der Waals surface area contributed by atoms with Crippen LogP contribution in [0.4, 0.5) is 5.13 Å². The van der Waals surface area contributed by atoms with Gasteiger partial charge in [-0.2, -0.15) is 5.26 Å². The van der Waals surface area contributed by atoms with Gasteiger partial charge in [-0.1, -0.05) is 6.92 Å². The lowest BCUT2D eigenvalue weighted by Crippen LogP contribution is -2.31. The number of nitrogens with zero attached hydrogens (tertiary/aromatic N) is 2. The normalized spacial score (nSPS) is 18.2. The van der Waals surface area contributed by atoms with Crippen molar-refractivity contribution in [3.05, 3.63) is 11.1 Å². The van der Waals surface area contributed by atoms with E-state index in [0.717, 1.165) is 5.69 Å². The zero-order valence-corrected chi connectivity index (χ0v) is 10.8. The second-order valence-electron chi connectivity index (χ2n) is 4.60. The van der Waals surface area contributed by atoms with Crippen molar-refractivity contribution in [3.8, 4) is 6.07 Å². The molecule has 0 bridgehead atoms. The lowest BCUT2D eigenvalue weighted by atomic mass is 9.88. The number of rotatable bonds is 4. The molecule has 0 radical (unpaired) electrons. The first-order valence-corrected chi connectivity index (χ1v) is 6.65. The number of nitriles is 1. The van der Waals surface area contributed by atoms with Crippen LogP contribution in [0, 0.1) is 16.7 Å². The Hall–Kier alpha value is -1.41. The molecule has 2 rings (SSSR count). The number of thiazole rings is 1. The summed E-state index contributed by atoms with van der Waals surface area (Å²) in [6, 6.07) is 2.05. The van der Waals surface area contributed by atoms with Gasteiger partial charge in [0.15, 0.2) is 5.13 Å². The van der Waals surface area contributed by atoms with Crippen LogP contribution in [0.5, 0.6) is 0 Å². The van der Waals surface area contributed by atoms with Crippen molar-refractivity contribution in [1.29, 1.82) is 5.26 Å². The number of anilines is 1. The molecule has 1 unspecified atom stereocenters. The molecule has 0 aliphatic heterocycles. The van der Waals surface area contributed by atoms with Gasteiger partial charge in [0, 0.05) is 11.3 Å². The van der Waals surface area contributed by atoms with Crippen LogP contribution in [0.1, 0.15) is 44.7 Å². The smallest absolute Gasteiger partial charge is 0.246 e. The Morgan fingerprint density at radius 3 is 3.00 bits per heavy atom. The Balaban J connectivity index is 2.04. The second-order valence-corrected chi connectivity index (χ2v) is 5.46. The summed E-state index contributed by atoms with van der Waals surface area (Å²) in [6.45, 7) is 3.48. The van der Waals surface area contributed by atoms with Crippen molar-refractivity contribution in [2.45, 2.75) is 39.0 Å². The van der Waals surface area contributed by atoms with Crippen molar-refractivity contribution in [2.24, 2.45) is 5.41 Å². The van der Waals surface area contributed by atoms with Gasteiger partial charge in [0.1, 0.15) is 5.41 Å². The van der Waals surface area contributed by atoms with E-state index in [4.69, 9.17) is 5.26 Å². The SMILES string of the molecule is CCC(C)(C#N)C(=O)Nc1nc(C2CC2)cs1. The number of hydrogen-bond donors (Lipinski definition) is 1. The number of nitrogens with one attached hydrogen (secondary N) is 1. The molecule has 1 amide bonds. The average Bonchev–Trinajstić information content (AvgIpc) is 3.09. The average molecular weight is 249 g/mol. The quantitative estimate of drug-likeness (QED) is 0.892. The van der Waals surface area contributed by atoms with Crippen LogP contribution >= 0.6 is 11.3 Å². The van der Waals surface area contributed by atoms with E-state index in [1.807, 2.05) is 12.3 Å². The summed E-state index contributed by atoms with van der Waals surface area (Å²) in [5.41, 5.74) is 0.103. The Kier molecular flexibility index (Phi) is 3.16. The van der Waals surface area contributed by atoms with Crippen molar-refractivity contribution in [1.82, 2.24) is 4.98 Å². The van der Waals surface area contributed by atoms with Gasteiger partial charge in [-0.25, -0.2) is 4.98 Å². The van der Waals surface area contributed by atoms with E-state index < -0.39 is 5.41 Å². The Labute approximate surface area is 105 Å². The van der Waals surface area contributed by atoms with Crippen LogP contribution in [0.25, 0.3) is 0 Å². The minimum atomic E-state index is -0.967. The van der Waals surface area contributed by atoms with Crippen LogP contribution in [-0.2, 0) is 4.79 Å². The Bertz CT molecular complexity index is 472. The fourth-order valence-electron chi connectivity index (χ4n) is 1.44. The maximum absolute atomic E-state index is 11.9. The second kappa shape index (κ2) is 4.46. The number of carbonyl (C=O) groups is 1. The van der Waals surface area contributed by atoms with E-state index >= 15 is 0 Å². The standard InChI is InChI=1S/C12H15N3OS/c1-3-12(2,7-13)10(16)15-11-14-9(6-17-11)8-4-5-8/h6,8H,3-5H2,1-2H3,(H,14,15,16). The maximum atomic E-state index is 11.9. The third-order valence-corrected chi connectivity index (χ3v) is 3.97. The Morgan fingerprint density at radius 1 is 1.76 bits per heavy atom. The van der Waals surface area contributed by atoms with Gasteiger partial charge in [0.2, 0.25) is 5.91 Å².